The van der Waals surface area contributed by atoms with Gasteiger partial charge in [-0.25, -0.2) is 0 Å². The molecule has 2 heterocycles. The molecule has 6 heteroatoms. The topological polar surface area (TPSA) is 65.5 Å². The second-order valence-electron chi connectivity index (χ2n) is 7.73. The third kappa shape index (κ3) is 3.52. The molecule has 0 unspecified atom stereocenters. The third-order valence-corrected chi connectivity index (χ3v) is 5.37. The number of pyridine rings is 1. The second kappa shape index (κ2) is 7.72. The van der Waals surface area contributed by atoms with Crippen LogP contribution in [0.2, 0.25) is 0 Å². The van der Waals surface area contributed by atoms with Gasteiger partial charge >= 0.3 is 0 Å². The van der Waals surface area contributed by atoms with Crippen LogP contribution >= 0.6 is 0 Å². The molecule has 0 atom stereocenters. The molecule has 1 aliphatic heterocycles. The van der Waals surface area contributed by atoms with Gasteiger partial charge in [-0.2, -0.15) is 0 Å². The minimum Gasteiger partial charge on any atom is -0.313 e. The number of anilines is 2. The number of carbonyl (C=O) groups excluding carboxylic acids is 2. The Balaban J connectivity index is 1.85. The minimum atomic E-state index is -1.08. The molecule has 2 amide bonds. The quantitative estimate of drug-likeness (QED) is 0.810. The Morgan fingerprint density at radius 2 is 1.82 bits per heavy atom. The minimum absolute atomic E-state index is 0.165. The monoisotopic (exact) mass is 380 g/mol. The van der Waals surface area contributed by atoms with Gasteiger partial charge in [0.2, 0.25) is 11.8 Å². The summed E-state index contributed by atoms with van der Waals surface area (Å²) in [5, 5.41) is 3.41. The zero-order chi connectivity index (χ0) is 20.5. The van der Waals surface area contributed by atoms with Crippen LogP contribution in [0.3, 0.4) is 0 Å². The number of aromatic nitrogens is 1. The third-order valence-electron chi connectivity index (χ3n) is 5.37. The molecular formula is C22H28N4O2. The summed E-state index contributed by atoms with van der Waals surface area (Å²) in [7, 11) is 1.74. The predicted octanol–water partition coefficient (Wildman–Crippen LogP) is 3.04. The highest BCUT2D eigenvalue weighted by Gasteiger charge is 2.45. The van der Waals surface area contributed by atoms with Crippen molar-refractivity contribution in [3.63, 3.8) is 0 Å². The van der Waals surface area contributed by atoms with Crippen LogP contribution in [-0.2, 0) is 22.7 Å². The number of amides is 2. The lowest BCUT2D eigenvalue weighted by Gasteiger charge is -2.27. The van der Waals surface area contributed by atoms with E-state index < -0.39 is 5.41 Å². The lowest BCUT2D eigenvalue weighted by molar-refractivity contribution is -0.137. The molecule has 6 nitrogen and oxygen atoms in total. The molecule has 1 N–H and O–H groups in total. The smallest absolute Gasteiger partial charge is 0.242 e. The molecule has 1 aromatic heterocycles. The Labute approximate surface area is 166 Å². The number of fused-ring (bicyclic) bond motifs is 1. The zero-order valence-corrected chi connectivity index (χ0v) is 17.2. The average Bonchev–Trinajstić information content (AvgIpc) is 2.73. The average molecular weight is 380 g/mol. The predicted molar refractivity (Wildman–Crippen MR) is 111 cm³/mol. The maximum absolute atomic E-state index is 12.9. The van der Waals surface area contributed by atoms with Crippen molar-refractivity contribution in [3.8, 4) is 0 Å². The van der Waals surface area contributed by atoms with Gasteiger partial charge in [-0.05, 0) is 57.0 Å². The summed E-state index contributed by atoms with van der Waals surface area (Å²) in [6, 6.07) is 9.91. The zero-order valence-electron chi connectivity index (χ0n) is 17.2. The molecular weight excluding hydrogens is 352 g/mol. The molecule has 0 radical (unpaired) electrons. The molecule has 1 aromatic carbocycles. The lowest BCUT2D eigenvalue weighted by atomic mass is 9.90. The van der Waals surface area contributed by atoms with Gasteiger partial charge in [0.05, 0.1) is 17.1 Å². The number of hydrogen-bond donors (Lipinski definition) is 1. The van der Waals surface area contributed by atoms with E-state index in [0.717, 1.165) is 28.2 Å². The largest absolute Gasteiger partial charge is 0.313 e. The molecule has 148 valence electrons. The van der Waals surface area contributed by atoms with Gasteiger partial charge < -0.3 is 15.1 Å². The molecule has 0 bridgehead atoms. The van der Waals surface area contributed by atoms with Gasteiger partial charge in [-0.15, -0.1) is 0 Å². The Morgan fingerprint density at radius 1 is 1.07 bits per heavy atom. The summed E-state index contributed by atoms with van der Waals surface area (Å²) in [6.07, 6.45) is 1.80. The van der Waals surface area contributed by atoms with E-state index in [1.807, 2.05) is 44.2 Å². The van der Waals surface area contributed by atoms with Crippen molar-refractivity contribution in [1.82, 2.24) is 10.3 Å². The highest BCUT2D eigenvalue weighted by Crippen LogP contribution is 2.38. The first-order valence-electron chi connectivity index (χ1n) is 9.61. The summed E-state index contributed by atoms with van der Waals surface area (Å²) in [5.41, 5.74) is 3.68. The molecule has 0 aliphatic carbocycles. The summed E-state index contributed by atoms with van der Waals surface area (Å²) >= 11 is 0. The van der Waals surface area contributed by atoms with Crippen LogP contribution < -0.4 is 15.1 Å². The fourth-order valence-corrected chi connectivity index (χ4v) is 3.59. The molecule has 3 rings (SSSR count). The molecule has 2 aromatic rings. The van der Waals surface area contributed by atoms with Crippen LogP contribution in [0.5, 0.6) is 0 Å². The van der Waals surface area contributed by atoms with Gasteiger partial charge in [0.25, 0.3) is 0 Å². The van der Waals surface area contributed by atoms with Crippen molar-refractivity contribution < 1.29 is 9.59 Å². The fourth-order valence-electron chi connectivity index (χ4n) is 3.59. The Bertz CT molecular complexity index is 907. The van der Waals surface area contributed by atoms with Crippen LogP contribution in [0.4, 0.5) is 11.4 Å². The number of nitrogens with zero attached hydrogens (tertiary/aromatic N) is 3. The van der Waals surface area contributed by atoms with Crippen molar-refractivity contribution in [2.45, 2.75) is 40.8 Å². The number of aryl methyl sites for hydroxylation is 1. The maximum atomic E-state index is 12.9. The summed E-state index contributed by atoms with van der Waals surface area (Å²) in [4.78, 5) is 33.5. The fraction of sp³-hybridized carbons (Fsp3) is 0.409. The van der Waals surface area contributed by atoms with Gasteiger partial charge in [0.15, 0.2) is 0 Å². The molecule has 0 saturated carbocycles. The van der Waals surface area contributed by atoms with Crippen molar-refractivity contribution in [3.05, 3.63) is 53.3 Å². The van der Waals surface area contributed by atoms with Crippen LogP contribution in [0.25, 0.3) is 0 Å². The highest BCUT2D eigenvalue weighted by molar-refractivity contribution is 6.19. The molecule has 0 fully saturated rings. The molecule has 0 saturated heterocycles. The molecule has 1 aliphatic rings. The first-order valence-corrected chi connectivity index (χ1v) is 9.61. The number of nitrogens with one attached hydrogen (secondary N) is 1. The van der Waals surface area contributed by atoms with Crippen molar-refractivity contribution in [2.75, 3.05) is 23.4 Å². The Kier molecular flexibility index (Phi) is 5.52. The van der Waals surface area contributed by atoms with E-state index in [1.54, 1.807) is 36.9 Å². The van der Waals surface area contributed by atoms with Crippen molar-refractivity contribution in [2.24, 2.45) is 5.41 Å². The summed E-state index contributed by atoms with van der Waals surface area (Å²) < 4.78 is 0. The van der Waals surface area contributed by atoms with E-state index in [2.05, 4.69) is 10.3 Å². The van der Waals surface area contributed by atoms with Gasteiger partial charge in [-0.1, -0.05) is 12.1 Å². The first-order chi connectivity index (χ1) is 13.3. The van der Waals surface area contributed by atoms with Gasteiger partial charge in [0, 0.05) is 32.9 Å². The summed E-state index contributed by atoms with van der Waals surface area (Å²) in [5.74, 6) is -0.356. The van der Waals surface area contributed by atoms with Crippen molar-refractivity contribution >= 4 is 23.2 Å². The van der Waals surface area contributed by atoms with Crippen LogP contribution in [0.15, 0.2) is 36.5 Å². The molecule has 0 spiro atoms. The maximum Gasteiger partial charge on any atom is 0.242 e. The van der Waals surface area contributed by atoms with Crippen LogP contribution in [0.1, 0.15) is 37.6 Å². The van der Waals surface area contributed by atoms with E-state index in [4.69, 9.17) is 0 Å². The van der Waals surface area contributed by atoms with E-state index >= 15 is 0 Å². The highest BCUT2D eigenvalue weighted by atomic mass is 16.2. The van der Waals surface area contributed by atoms with Gasteiger partial charge in [0.1, 0.15) is 5.41 Å². The molecule has 28 heavy (non-hydrogen) atoms. The summed E-state index contributed by atoms with van der Waals surface area (Å²) in [6.45, 7) is 9.21. The van der Waals surface area contributed by atoms with E-state index in [9.17, 15) is 9.59 Å². The Morgan fingerprint density at radius 3 is 2.50 bits per heavy atom. The van der Waals surface area contributed by atoms with E-state index in [0.29, 0.717) is 19.6 Å². The Hall–Kier alpha value is -2.73. The normalized spacial score (nSPS) is 16.2. The van der Waals surface area contributed by atoms with Crippen LogP contribution in [-0.4, -0.2) is 30.4 Å². The number of benzene rings is 1. The van der Waals surface area contributed by atoms with E-state index in [-0.39, 0.29) is 11.8 Å². The second-order valence-corrected chi connectivity index (χ2v) is 7.73. The lowest BCUT2D eigenvalue weighted by Crippen LogP contribution is -2.47. The van der Waals surface area contributed by atoms with Crippen LogP contribution in [0, 0.1) is 12.3 Å². The van der Waals surface area contributed by atoms with E-state index in [1.165, 1.54) is 0 Å². The SMILES string of the molecule is CCN1C(=O)C(C)(C)C(=O)N(C)c2cc(CNCc3ncccc3C)ccc21. The number of rotatable bonds is 5. The standard InChI is InChI=1S/C22H28N4O2/c1-6-26-18-10-9-16(13-23-14-17-15(2)8-7-11-24-17)12-19(18)25(5)20(27)22(3,4)21(26)28/h7-12,23H,6,13-14H2,1-5H3. The van der Waals surface area contributed by atoms with Crippen molar-refractivity contribution in [1.29, 1.82) is 0 Å². The van der Waals surface area contributed by atoms with Gasteiger partial charge in [-0.3, -0.25) is 14.6 Å². The first kappa shape index (κ1) is 20.0. The number of hydrogen-bond acceptors (Lipinski definition) is 4. The number of carbonyl (C=O) groups is 2.